The van der Waals surface area contributed by atoms with Crippen molar-refractivity contribution in [1.82, 2.24) is 15.2 Å². The van der Waals surface area contributed by atoms with E-state index in [0.717, 1.165) is 46.9 Å². The number of fused-ring (bicyclic) bond motifs is 2. The zero-order valence-electron chi connectivity index (χ0n) is 18.3. The smallest absolute Gasteiger partial charge is 0.255 e. The number of nitrogens with one attached hydrogen (secondary N) is 2. The third-order valence-electron chi connectivity index (χ3n) is 6.71. The molecule has 0 bridgehead atoms. The SMILES string of the molecule is O=C(CCN1C(=O)c2ccccc2[C@H]1c1c[nH]c2ccccc12)NCCC1=CCCCC1. The molecule has 5 rings (SSSR count). The van der Waals surface area contributed by atoms with E-state index in [4.69, 9.17) is 0 Å². The molecule has 1 aliphatic heterocycles. The van der Waals surface area contributed by atoms with Gasteiger partial charge in [0.25, 0.3) is 5.91 Å². The third kappa shape index (κ3) is 3.95. The van der Waals surface area contributed by atoms with Crippen LogP contribution in [0.25, 0.3) is 10.9 Å². The van der Waals surface area contributed by atoms with Crippen molar-refractivity contribution in [2.24, 2.45) is 0 Å². The molecule has 2 amide bonds. The summed E-state index contributed by atoms with van der Waals surface area (Å²) in [6, 6.07) is 15.7. The molecular formula is C27H29N3O2. The molecule has 2 heterocycles. The summed E-state index contributed by atoms with van der Waals surface area (Å²) in [6.45, 7) is 1.07. The van der Waals surface area contributed by atoms with Crippen molar-refractivity contribution < 1.29 is 9.59 Å². The molecule has 5 heteroatoms. The maximum absolute atomic E-state index is 13.2. The number of carbonyl (C=O) groups excluding carboxylic acids is 2. The lowest BCUT2D eigenvalue weighted by molar-refractivity contribution is -0.121. The van der Waals surface area contributed by atoms with Gasteiger partial charge in [-0.3, -0.25) is 9.59 Å². The topological polar surface area (TPSA) is 65.2 Å². The van der Waals surface area contributed by atoms with Gasteiger partial charge in [0.2, 0.25) is 5.91 Å². The van der Waals surface area contributed by atoms with E-state index in [9.17, 15) is 9.59 Å². The Bertz CT molecular complexity index is 1180. The second-order valence-corrected chi connectivity index (χ2v) is 8.74. The maximum atomic E-state index is 13.2. The second-order valence-electron chi connectivity index (χ2n) is 8.74. The first-order valence-corrected chi connectivity index (χ1v) is 11.6. The second kappa shape index (κ2) is 9.03. The highest BCUT2D eigenvalue weighted by atomic mass is 16.2. The zero-order chi connectivity index (χ0) is 21.9. The van der Waals surface area contributed by atoms with Crippen molar-refractivity contribution in [2.75, 3.05) is 13.1 Å². The van der Waals surface area contributed by atoms with Crippen LogP contribution in [-0.4, -0.2) is 34.8 Å². The van der Waals surface area contributed by atoms with E-state index in [0.29, 0.717) is 19.5 Å². The maximum Gasteiger partial charge on any atom is 0.255 e. The third-order valence-corrected chi connectivity index (χ3v) is 6.71. The summed E-state index contributed by atoms with van der Waals surface area (Å²) in [4.78, 5) is 31.0. The average molecular weight is 428 g/mol. The van der Waals surface area contributed by atoms with Crippen molar-refractivity contribution in [1.29, 1.82) is 0 Å². The van der Waals surface area contributed by atoms with Gasteiger partial charge in [0.05, 0.1) is 6.04 Å². The number of hydrogen-bond acceptors (Lipinski definition) is 2. The number of H-pyrrole nitrogens is 1. The summed E-state index contributed by atoms with van der Waals surface area (Å²) in [6.07, 6.45) is 10.4. The van der Waals surface area contributed by atoms with Crippen LogP contribution in [0.4, 0.5) is 0 Å². The van der Waals surface area contributed by atoms with Crippen molar-refractivity contribution in [2.45, 2.75) is 44.6 Å². The van der Waals surface area contributed by atoms with Gasteiger partial charge in [-0.1, -0.05) is 48.0 Å². The Kier molecular flexibility index (Phi) is 5.80. The fraction of sp³-hybridized carbons (Fsp3) is 0.333. The molecule has 0 spiro atoms. The number of carbonyl (C=O) groups is 2. The Labute approximate surface area is 188 Å². The quantitative estimate of drug-likeness (QED) is 0.515. The molecule has 0 saturated heterocycles. The number of benzene rings is 2. The highest BCUT2D eigenvalue weighted by molar-refractivity contribution is 6.01. The first kappa shape index (κ1) is 20.6. The predicted octanol–water partition coefficient (Wildman–Crippen LogP) is 5.11. The normalized spacial score (nSPS) is 18.0. The van der Waals surface area contributed by atoms with E-state index < -0.39 is 0 Å². The first-order valence-electron chi connectivity index (χ1n) is 11.6. The zero-order valence-corrected chi connectivity index (χ0v) is 18.3. The van der Waals surface area contributed by atoms with Gasteiger partial charge in [-0.15, -0.1) is 0 Å². The lowest BCUT2D eigenvalue weighted by Gasteiger charge is -2.25. The summed E-state index contributed by atoms with van der Waals surface area (Å²) >= 11 is 0. The van der Waals surface area contributed by atoms with Crippen LogP contribution < -0.4 is 5.32 Å². The minimum Gasteiger partial charge on any atom is -0.361 e. The number of hydrogen-bond donors (Lipinski definition) is 2. The Balaban J connectivity index is 1.30. The summed E-state index contributed by atoms with van der Waals surface area (Å²) in [5.41, 5.74) is 5.32. The van der Waals surface area contributed by atoms with Crippen LogP contribution in [-0.2, 0) is 4.79 Å². The van der Waals surface area contributed by atoms with Gasteiger partial charge < -0.3 is 15.2 Å². The fourth-order valence-corrected chi connectivity index (χ4v) is 5.06. The number of aromatic nitrogens is 1. The van der Waals surface area contributed by atoms with E-state index in [2.05, 4.69) is 22.4 Å². The molecule has 0 saturated carbocycles. The minimum atomic E-state index is -0.185. The molecule has 5 nitrogen and oxygen atoms in total. The van der Waals surface area contributed by atoms with Crippen molar-refractivity contribution in [3.8, 4) is 0 Å². The molecule has 3 aromatic rings. The lowest BCUT2D eigenvalue weighted by Crippen LogP contribution is -2.34. The van der Waals surface area contributed by atoms with Crippen molar-refractivity contribution >= 4 is 22.7 Å². The van der Waals surface area contributed by atoms with Gasteiger partial charge in [0, 0.05) is 47.7 Å². The summed E-state index contributed by atoms with van der Waals surface area (Å²) in [5, 5.41) is 4.15. The van der Waals surface area contributed by atoms with Crippen LogP contribution in [0.3, 0.4) is 0 Å². The number of para-hydroxylation sites is 1. The predicted molar refractivity (Wildman–Crippen MR) is 126 cm³/mol. The van der Waals surface area contributed by atoms with Crippen LogP contribution in [0.5, 0.6) is 0 Å². The Morgan fingerprint density at radius 3 is 2.78 bits per heavy atom. The molecular weight excluding hydrogens is 398 g/mol. The molecule has 0 radical (unpaired) electrons. The molecule has 0 fully saturated rings. The average Bonchev–Trinajstić information content (AvgIpc) is 3.37. The molecule has 1 aromatic heterocycles. The number of allylic oxidation sites excluding steroid dienone is 1. The van der Waals surface area contributed by atoms with Gasteiger partial charge >= 0.3 is 0 Å². The van der Waals surface area contributed by atoms with Crippen LogP contribution in [0, 0.1) is 0 Å². The van der Waals surface area contributed by atoms with Crippen LogP contribution in [0.1, 0.15) is 66.1 Å². The lowest BCUT2D eigenvalue weighted by atomic mass is 9.97. The van der Waals surface area contributed by atoms with Gasteiger partial charge in [0.15, 0.2) is 0 Å². The van der Waals surface area contributed by atoms with Crippen LogP contribution >= 0.6 is 0 Å². The van der Waals surface area contributed by atoms with Gasteiger partial charge in [-0.05, 0) is 49.8 Å². The standard InChI is InChI=1S/C27H29N3O2/c31-25(28-16-14-19-8-2-1-3-9-19)15-17-30-26(21-11-4-5-12-22(21)27(30)32)23-18-29-24-13-7-6-10-20(23)24/h4-8,10-13,18,26,29H,1-3,9,14-17H2,(H,28,31)/t26-/m0/s1. The van der Waals surface area contributed by atoms with E-state index >= 15 is 0 Å². The van der Waals surface area contributed by atoms with Gasteiger partial charge in [-0.2, -0.15) is 0 Å². The largest absolute Gasteiger partial charge is 0.361 e. The molecule has 2 N–H and O–H groups in total. The minimum absolute atomic E-state index is 0.00263. The van der Waals surface area contributed by atoms with E-state index in [1.54, 1.807) is 0 Å². The first-order chi connectivity index (χ1) is 15.7. The Morgan fingerprint density at radius 1 is 1.06 bits per heavy atom. The molecule has 2 aromatic carbocycles. The van der Waals surface area contributed by atoms with E-state index in [1.807, 2.05) is 53.6 Å². The molecule has 32 heavy (non-hydrogen) atoms. The summed E-state index contributed by atoms with van der Waals surface area (Å²) < 4.78 is 0. The molecule has 0 unspecified atom stereocenters. The number of amides is 2. The summed E-state index contributed by atoms with van der Waals surface area (Å²) in [5.74, 6) is -0.00103. The Morgan fingerprint density at radius 2 is 1.91 bits per heavy atom. The Hall–Kier alpha value is -3.34. The molecule has 1 aliphatic carbocycles. The number of nitrogens with zero attached hydrogens (tertiary/aromatic N) is 1. The number of aromatic amines is 1. The van der Waals surface area contributed by atoms with Crippen molar-refractivity contribution in [3.05, 3.63) is 83.1 Å². The highest BCUT2D eigenvalue weighted by Crippen LogP contribution is 2.41. The van der Waals surface area contributed by atoms with E-state index in [1.165, 1.54) is 18.4 Å². The molecule has 164 valence electrons. The van der Waals surface area contributed by atoms with Crippen molar-refractivity contribution in [3.63, 3.8) is 0 Å². The van der Waals surface area contributed by atoms with E-state index in [-0.39, 0.29) is 17.9 Å². The molecule has 1 atom stereocenters. The monoisotopic (exact) mass is 427 g/mol. The fourth-order valence-electron chi connectivity index (χ4n) is 5.06. The molecule has 2 aliphatic rings. The summed E-state index contributed by atoms with van der Waals surface area (Å²) in [7, 11) is 0. The van der Waals surface area contributed by atoms with Gasteiger partial charge in [-0.25, -0.2) is 0 Å². The van der Waals surface area contributed by atoms with Crippen LogP contribution in [0.15, 0.2) is 66.4 Å². The van der Waals surface area contributed by atoms with Crippen LogP contribution in [0.2, 0.25) is 0 Å². The van der Waals surface area contributed by atoms with Gasteiger partial charge in [0.1, 0.15) is 0 Å². The highest BCUT2D eigenvalue weighted by Gasteiger charge is 2.38. The number of rotatable bonds is 7.